The van der Waals surface area contributed by atoms with E-state index in [0.29, 0.717) is 6.42 Å². The zero-order chi connectivity index (χ0) is 16.8. The fourth-order valence-corrected chi connectivity index (χ4v) is 2.81. The highest BCUT2D eigenvalue weighted by atomic mass is 79.9. The van der Waals surface area contributed by atoms with Crippen molar-refractivity contribution < 1.29 is 4.79 Å². The van der Waals surface area contributed by atoms with Crippen molar-refractivity contribution in [3.63, 3.8) is 0 Å². The molecule has 3 nitrogen and oxygen atoms in total. The number of anilines is 3. The lowest BCUT2D eigenvalue weighted by Crippen LogP contribution is -2.14. The SMILES string of the molecule is O=C(Cc1cccc(Br)c1)Nc1ccc(Nc2ccccc2)cc1. The van der Waals surface area contributed by atoms with Crippen LogP contribution in [0.1, 0.15) is 5.56 Å². The van der Waals surface area contributed by atoms with Crippen LogP contribution in [0.15, 0.2) is 83.3 Å². The summed E-state index contributed by atoms with van der Waals surface area (Å²) in [4.78, 5) is 12.1. The molecule has 0 atom stereocenters. The molecule has 0 aliphatic carbocycles. The number of hydrogen-bond donors (Lipinski definition) is 2. The number of para-hydroxylation sites is 1. The van der Waals surface area contributed by atoms with Crippen molar-refractivity contribution in [3.05, 3.63) is 88.9 Å². The molecule has 120 valence electrons. The lowest BCUT2D eigenvalue weighted by atomic mass is 10.1. The van der Waals surface area contributed by atoms with E-state index < -0.39 is 0 Å². The largest absolute Gasteiger partial charge is 0.356 e. The third-order valence-corrected chi connectivity index (χ3v) is 3.98. The van der Waals surface area contributed by atoms with Gasteiger partial charge in [-0.2, -0.15) is 0 Å². The van der Waals surface area contributed by atoms with Crippen LogP contribution in [0.5, 0.6) is 0 Å². The Kier molecular flexibility index (Phi) is 5.29. The molecule has 0 aliphatic rings. The average molecular weight is 381 g/mol. The molecule has 0 unspecified atom stereocenters. The van der Waals surface area contributed by atoms with Crippen molar-refractivity contribution in [2.45, 2.75) is 6.42 Å². The molecule has 0 aromatic heterocycles. The smallest absolute Gasteiger partial charge is 0.228 e. The Hall–Kier alpha value is -2.59. The summed E-state index contributed by atoms with van der Waals surface area (Å²) in [5, 5.41) is 6.23. The van der Waals surface area contributed by atoms with Crippen molar-refractivity contribution in [2.24, 2.45) is 0 Å². The number of nitrogens with one attached hydrogen (secondary N) is 2. The molecule has 0 saturated carbocycles. The van der Waals surface area contributed by atoms with E-state index in [2.05, 4.69) is 26.6 Å². The molecule has 2 N–H and O–H groups in total. The Balaban J connectivity index is 1.58. The summed E-state index contributed by atoms with van der Waals surface area (Å²) in [6.45, 7) is 0. The van der Waals surface area contributed by atoms with Crippen molar-refractivity contribution in [1.82, 2.24) is 0 Å². The molecule has 0 heterocycles. The van der Waals surface area contributed by atoms with Gasteiger partial charge in [-0.3, -0.25) is 4.79 Å². The minimum atomic E-state index is -0.0307. The van der Waals surface area contributed by atoms with Crippen molar-refractivity contribution in [3.8, 4) is 0 Å². The number of carbonyl (C=O) groups excluding carboxylic acids is 1. The van der Waals surface area contributed by atoms with Crippen LogP contribution in [0.2, 0.25) is 0 Å². The van der Waals surface area contributed by atoms with E-state index >= 15 is 0 Å². The van der Waals surface area contributed by atoms with E-state index in [1.165, 1.54) is 0 Å². The van der Waals surface area contributed by atoms with Crippen LogP contribution in [0.3, 0.4) is 0 Å². The molecule has 24 heavy (non-hydrogen) atoms. The molecule has 3 aromatic rings. The van der Waals surface area contributed by atoms with E-state index in [4.69, 9.17) is 0 Å². The maximum Gasteiger partial charge on any atom is 0.228 e. The third kappa shape index (κ3) is 4.70. The van der Waals surface area contributed by atoms with Gasteiger partial charge in [0.15, 0.2) is 0 Å². The second-order valence-electron chi connectivity index (χ2n) is 5.42. The monoisotopic (exact) mass is 380 g/mol. The quantitative estimate of drug-likeness (QED) is 0.624. The number of halogens is 1. The Bertz CT molecular complexity index is 817. The van der Waals surface area contributed by atoms with Crippen LogP contribution < -0.4 is 10.6 Å². The van der Waals surface area contributed by atoms with Crippen LogP contribution in [0, 0.1) is 0 Å². The molecule has 0 bridgehead atoms. The summed E-state index contributed by atoms with van der Waals surface area (Å²) in [6.07, 6.45) is 0.351. The third-order valence-electron chi connectivity index (χ3n) is 3.48. The van der Waals surface area contributed by atoms with E-state index in [1.54, 1.807) is 0 Å². The molecule has 0 saturated heterocycles. The highest BCUT2D eigenvalue weighted by Crippen LogP contribution is 2.19. The zero-order valence-corrected chi connectivity index (χ0v) is 14.6. The summed E-state index contributed by atoms with van der Waals surface area (Å²) >= 11 is 3.42. The van der Waals surface area contributed by atoms with Gasteiger partial charge in [-0.1, -0.05) is 46.3 Å². The molecule has 0 spiro atoms. The number of rotatable bonds is 5. The molecule has 1 amide bonds. The average Bonchev–Trinajstić information content (AvgIpc) is 2.57. The van der Waals surface area contributed by atoms with E-state index in [0.717, 1.165) is 27.1 Å². The Morgan fingerprint density at radius 3 is 2.17 bits per heavy atom. The van der Waals surface area contributed by atoms with Gasteiger partial charge in [0, 0.05) is 21.5 Å². The van der Waals surface area contributed by atoms with Gasteiger partial charge in [0.1, 0.15) is 0 Å². The first-order valence-electron chi connectivity index (χ1n) is 7.65. The maximum atomic E-state index is 12.1. The zero-order valence-electron chi connectivity index (χ0n) is 13.0. The second-order valence-corrected chi connectivity index (χ2v) is 6.34. The molecular formula is C20H17BrN2O. The van der Waals surface area contributed by atoms with Gasteiger partial charge in [0.05, 0.1) is 6.42 Å². The first-order chi connectivity index (χ1) is 11.7. The summed E-state index contributed by atoms with van der Waals surface area (Å²) in [5.74, 6) is -0.0307. The van der Waals surface area contributed by atoms with Gasteiger partial charge in [0.25, 0.3) is 0 Å². The first kappa shape index (κ1) is 16.3. The number of hydrogen-bond acceptors (Lipinski definition) is 2. The number of amides is 1. The molecule has 0 fully saturated rings. The van der Waals surface area contributed by atoms with E-state index in [9.17, 15) is 4.79 Å². The topological polar surface area (TPSA) is 41.1 Å². The Morgan fingerprint density at radius 2 is 1.46 bits per heavy atom. The van der Waals surface area contributed by atoms with E-state index in [-0.39, 0.29) is 5.91 Å². The molecule has 3 rings (SSSR count). The standard InChI is InChI=1S/C20H17BrN2O/c21-16-6-4-5-15(13-16)14-20(24)23-19-11-9-18(10-12-19)22-17-7-2-1-3-8-17/h1-13,22H,14H2,(H,23,24). The maximum absolute atomic E-state index is 12.1. The number of benzene rings is 3. The summed E-state index contributed by atoms with van der Waals surface area (Å²) in [6, 6.07) is 25.4. The van der Waals surface area contributed by atoms with Crippen LogP contribution in [0.25, 0.3) is 0 Å². The van der Waals surface area contributed by atoms with Crippen molar-refractivity contribution >= 4 is 38.9 Å². The van der Waals surface area contributed by atoms with Gasteiger partial charge in [0.2, 0.25) is 5.91 Å². The summed E-state index contributed by atoms with van der Waals surface area (Å²) in [5.41, 5.74) is 3.77. The molecule has 0 radical (unpaired) electrons. The van der Waals surface area contributed by atoms with Crippen molar-refractivity contribution in [1.29, 1.82) is 0 Å². The fourth-order valence-electron chi connectivity index (χ4n) is 2.36. The van der Waals surface area contributed by atoms with Gasteiger partial charge in [-0.25, -0.2) is 0 Å². The Labute approximate surface area is 149 Å². The van der Waals surface area contributed by atoms with Gasteiger partial charge in [-0.05, 0) is 54.1 Å². The lowest BCUT2D eigenvalue weighted by molar-refractivity contribution is -0.115. The van der Waals surface area contributed by atoms with Crippen LogP contribution >= 0.6 is 15.9 Å². The summed E-state index contributed by atoms with van der Waals surface area (Å²) in [7, 11) is 0. The molecule has 0 aliphatic heterocycles. The van der Waals surface area contributed by atoms with Crippen molar-refractivity contribution in [2.75, 3.05) is 10.6 Å². The normalized spacial score (nSPS) is 10.2. The highest BCUT2D eigenvalue weighted by Gasteiger charge is 2.05. The second kappa shape index (κ2) is 7.79. The first-order valence-corrected chi connectivity index (χ1v) is 8.45. The van der Waals surface area contributed by atoms with E-state index in [1.807, 2.05) is 78.9 Å². The predicted molar refractivity (Wildman–Crippen MR) is 103 cm³/mol. The fraction of sp³-hybridized carbons (Fsp3) is 0.0500. The molecule has 3 aromatic carbocycles. The minimum absolute atomic E-state index is 0.0307. The molecular weight excluding hydrogens is 364 g/mol. The minimum Gasteiger partial charge on any atom is -0.356 e. The summed E-state index contributed by atoms with van der Waals surface area (Å²) < 4.78 is 0.976. The van der Waals surface area contributed by atoms with Crippen LogP contribution in [0.4, 0.5) is 17.1 Å². The van der Waals surface area contributed by atoms with Crippen LogP contribution in [-0.4, -0.2) is 5.91 Å². The van der Waals surface area contributed by atoms with Crippen LogP contribution in [-0.2, 0) is 11.2 Å². The number of carbonyl (C=O) groups is 1. The highest BCUT2D eigenvalue weighted by molar-refractivity contribution is 9.10. The Morgan fingerprint density at radius 1 is 0.792 bits per heavy atom. The predicted octanol–water partition coefficient (Wildman–Crippen LogP) is 5.37. The van der Waals surface area contributed by atoms with Gasteiger partial charge >= 0.3 is 0 Å². The molecule has 4 heteroatoms. The lowest BCUT2D eigenvalue weighted by Gasteiger charge is -2.09. The van der Waals surface area contributed by atoms with Gasteiger partial charge in [-0.15, -0.1) is 0 Å². The van der Waals surface area contributed by atoms with Gasteiger partial charge < -0.3 is 10.6 Å².